The van der Waals surface area contributed by atoms with Crippen LogP contribution in [-0.4, -0.2) is 60.3 Å². The number of nitrogens with zero attached hydrogens (tertiary/aromatic N) is 2. The summed E-state index contributed by atoms with van der Waals surface area (Å²) in [5.74, 6) is 0.388. The molecule has 1 spiro atoms. The van der Waals surface area contributed by atoms with Crippen molar-refractivity contribution >= 4 is 38.7 Å². The summed E-state index contributed by atoms with van der Waals surface area (Å²) in [5.41, 5.74) is 3.49. The highest BCUT2D eigenvalue weighted by atomic mass is 35.5. The molecule has 0 saturated carbocycles. The molecule has 5 atom stereocenters. The molecule has 0 aromatic heterocycles. The highest BCUT2D eigenvalue weighted by molar-refractivity contribution is 7.94. The number of hydrogen-bond donors (Lipinski definition) is 0. The first-order valence-corrected chi connectivity index (χ1v) is 18.1. The average Bonchev–Trinajstić information content (AvgIpc) is 3.13. The van der Waals surface area contributed by atoms with Crippen molar-refractivity contribution in [1.82, 2.24) is 0 Å². The zero-order valence-corrected chi connectivity index (χ0v) is 27.9. The lowest BCUT2D eigenvalue weighted by Gasteiger charge is -2.42. The second kappa shape index (κ2) is 13.8. The minimum absolute atomic E-state index is 0.0822. The number of halogens is 1. The summed E-state index contributed by atoms with van der Waals surface area (Å²) in [4.78, 5) is 28.0. The number of carbonyl (C=O) groups excluding carboxylic acids is 2. The van der Waals surface area contributed by atoms with Crippen molar-refractivity contribution in [2.24, 2.45) is 16.2 Å². The topological polar surface area (TPSA) is 85.3 Å². The molecule has 1 amide bonds. The van der Waals surface area contributed by atoms with E-state index < -0.39 is 15.6 Å². The molecule has 2 heterocycles. The molecule has 1 aliphatic carbocycles. The lowest BCUT2D eigenvalue weighted by Crippen LogP contribution is -2.47. The van der Waals surface area contributed by atoms with Crippen LogP contribution in [0.1, 0.15) is 74.4 Å². The molecule has 238 valence electrons. The third-order valence-electron chi connectivity index (χ3n) is 9.64. The van der Waals surface area contributed by atoms with Crippen molar-refractivity contribution < 1.29 is 23.3 Å². The minimum Gasteiger partial charge on any atom is -0.490 e. The van der Waals surface area contributed by atoms with Crippen LogP contribution in [0.5, 0.6) is 5.75 Å². The summed E-state index contributed by atoms with van der Waals surface area (Å²) in [6.07, 6.45) is 9.28. The van der Waals surface area contributed by atoms with Crippen LogP contribution in [0.15, 0.2) is 52.9 Å². The van der Waals surface area contributed by atoms with Crippen molar-refractivity contribution in [3.63, 3.8) is 0 Å². The fourth-order valence-electron chi connectivity index (χ4n) is 7.26. The number of amides is 1. The number of rotatable bonds is 4. The van der Waals surface area contributed by atoms with Gasteiger partial charge in [0.1, 0.15) is 11.5 Å². The molecule has 2 bridgehead atoms. The van der Waals surface area contributed by atoms with Crippen LogP contribution in [0.4, 0.5) is 5.69 Å². The molecule has 7 nitrogen and oxygen atoms in total. The van der Waals surface area contributed by atoms with Gasteiger partial charge in [-0.3, -0.25) is 9.59 Å². The first-order chi connectivity index (χ1) is 21.1. The number of hydrogen-bond acceptors (Lipinski definition) is 6. The normalized spacial score (nSPS) is 30.1. The van der Waals surface area contributed by atoms with E-state index in [1.165, 1.54) is 18.1 Å². The highest BCUT2D eigenvalue weighted by Crippen LogP contribution is 2.45. The Morgan fingerprint density at radius 1 is 1.23 bits per heavy atom. The maximum Gasteiger partial charge on any atom is 0.285 e. The molecule has 9 heteroatoms. The Morgan fingerprint density at radius 2 is 2.05 bits per heavy atom. The molecule has 2 aromatic carbocycles. The van der Waals surface area contributed by atoms with Gasteiger partial charge in [-0.25, -0.2) is 4.21 Å². The summed E-state index contributed by atoms with van der Waals surface area (Å²) in [6, 6.07) is 11.6. The number of anilines is 1. The van der Waals surface area contributed by atoms with E-state index in [2.05, 4.69) is 47.4 Å². The van der Waals surface area contributed by atoms with Gasteiger partial charge in [0.2, 0.25) is 0 Å². The number of allylic oxidation sites excluding steroid dienone is 1. The van der Waals surface area contributed by atoms with Gasteiger partial charge in [0.05, 0.1) is 33.9 Å². The smallest absolute Gasteiger partial charge is 0.285 e. The lowest BCUT2D eigenvalue weighted by atomic mass is 9.70. The number of carbonyl (C=O) groups is 2. The number of ether oxygens (including phenoxy) is 2. The van der Waals surface area contributed by atoms with E-state index in [1.807, 2.05) is 18.2 Å². The van der Waals surface area contributed by atoms with Gasteiger partial charge in [-0.05, 0) is 92.3 Å². The second-order valence-corrected chi connectivity index (χ2v) is 15.7. The van der Waals surface area contributed by atoms with Gasteiger partial charge in [0, 0.05) is 42.0 Å². The third kappa shape index (κ3) is 7.08. The van der Waals surface area contributed by atoms with Crippen molar-refractivity contribution in [3.8, 4) is 5.75 Å². The largest absolute Gasteiger partial charge is 0.490 e. The van der Waals surface area contributed by atoms with E-state index in [1.54, 1.807) is 13.2 Å². The summed E-state index contributed by atoms with van der Waals surface area (Å²) in [6.45, 7) is 7.86. The minimum atomic E-state index is -3.05. The maximum absolute atomic E-state index is 13.8. The van der Waals surface area contributed by atoms with Crippen LogP contribution in [0, 0.1) is 11.8 Å². The van der Waals surface area contributed by atoms with E-state index in [0.717, 1.165) is 55.2 Å². The molecule has 0 unspecified atom stereocenters. The van der Waals surface area contributed by atoms with E-state index in [0.29, 0.717) is 30.9 Å². The van der Waals surface area contributed by atoms with Crippen molar-refractivity contribution in [2.75, 3.05) is 43.2 Å². The SMILES string of the molecule is CC[C@H]1CN2C[C@@]3(CCCc4cc(Cl)ccc43)COc3ccc(cc32)C(=O)N=[S@](=O)(CC(C)=O)CCC/C=C/[C@H](OC)[C@@H]1C. The van der Waals surface area contributed by atoms with Gasteiger partial charge in [-0.1, -0.05) is 50.1 Å². The summed E-state index contributed by atoms with van der Waals surface area (Å²) in [7, 11) is -1.30. The maximum atomic E-state index is 13.8. The Labute approximate surface area is 267 Å². The Kier molecular flexibility index (Phi) is 10.2. The van der Waals surface area contributed by atoms with Crippen LogP contribution in [0.3, 0.4) is 0 Å². The molecular formula is C35H45ClN2O5S. The monoisotopic (exact) mass is 640 g/mol. The average molecular weight is 641 g/mol. The van der Waals surface area contributed by atoms with Gasteiger partial charge in [-0.15, -0.1) is 0 Å². The third-order valence-corrected chi connectivity index (χ3v) is 12.2. The highest BCUT2D eigenvalue weighted by Gasteiger charge is 2.42. The predicted octanol–water partition coefficient (Wildman–Crippen LogP) is 7.04. The number of benzene rings is 2. The zero-order chi connectivity index (χ0) is 31.5. The molecule has 0 fully saturated rings. The van der Waals surface area contributed by atoms with Gasteiger partial charge in [-0.2, -0.15) is 4.36 Å². The molecule has 5 rings (SSSR count). The van der Waals surface area contributed by atoms with Crippen molar-refractivity contribution in [3.05, 3.63) is 70.3 Å². The number of fused-ring (bicyclic) bond motifs is 3. The van der Waals surface area contributed by atoms with Crippen LogP contribution < -0.4 is 9.64 Å². The Morgan fingerprint density at radius 3 is 2.80 bits per heavy atom. The molecule has 0 radical (unpaired) electrons. The first kappa shape index (κ1) is 32.7. The molecule has 2 aliphatic heterocycles. The number of aryl methyl sites for hydroxylation is 1. The van der Waals surface area contributed by atoms with E-state index >= 15 is 0 Å². The summed E-state index contributed by atoms with van der Waals surface area (Å²) >= 11 is 6.43. The Hall–Kier alpha value is -2.68. The Balaban J connectivity index is 1.64. The van der Waals surface area contributed by atoms with Crippen molar-refractivity contribution in [1.29, 1.82) is 0 Å². The van der Waals surface area contributed by atoms with E-state index in [4.69, 9.17) is 21.1 Å². The fourth-order valence-corrected chi connectivity index (χ4v) is 9.42. The van der Waals surface area contributed by atoms with Crippen LogP contribution >= 0.6 is 11.6 Å². The molecule has 3 aliphatic rings. The fraction of sp³-hybridized carbons (Fsp3) is 0.543. The number of ketones is 1. The predicted molar refractivity (Wildman–Crippen MR) is 178 cm³/mol. The molecule has 0 N–H and O–H groups in total. The number of Topliss-reactive ketones (excluding diaryl/α,β-unsaturated/α-hetero) is 1. The van der Waals surface area contributed by atoms with Crippen LogP contribution in [0.25, 0.3) is 0 Å². The van der Waals surface area contributed by atoms with E-state index in [-0.39, 0.29) is 34.7 Å². The molecule has 0 saturated heterocycles. The van der Waals surface area contributed by atoms with Crippen LogP contribution in [0.2, 0.25) is 5.02 Å². The van der Waals surface area contributed by atoms with Crippen LogP contribution in [-0.2, 0) is 31.1 Å². The van der Waals surface area contributed by atoms with Gasteiger partial charge in [0.25, 0.3) is 5.91 Å². The molecule has 2 aromatic rings. The van der Waals surface area contributed by atoms with E-state index in [9.17, 15) is 13.8 Å². The standard InChI is InChI=1S/C35H45ClN2O5S/c1-5-26-20-38-22-35(16-9-10-27-18-29(36)13-14-30(27)35)23-43-33-15-12-28(19-31(33)38)34(40)37-44(41,21-24(2)39)17-8-6-7-11-32(42-4)25(26)3/h7,11-15,18-19,25-26,32H,5-6,8-10,16-17,20-23H2,1-4H3/b11-7+/t25-,26+,32+,35+,44-/m1/s1. The van der Waals surface area contributed by atoms with Gasteiger partial charge >= 0.3 is 0 Å². The lowest BCUT2D eigenvalue weighted by molar-refractivity contribution is -0.114. The quantitative estimate of drug-likeness (QED) is 0.333. The van der Waals surface area contributed by atoms with Crippen molar-refractivity contribution in [2.45, 2.75) is 70.8 Å². The summed E-state index contributed by atoms with van der Waals surface area (Å²) < 4.78 is 30.6. The first-order valence-electron chi connectivity index (χ1n) is 15.8. The molecule has 44 heavy (non-hydrogen) atoms. The molecular weight excluding hydrogens is 596 g/mol. The number of methoxy groups -OCH3 is 1. The summed E-state index contributed by atoms with van der Waals surface area (Å²) in [5, 5.41) is 0.746. The zero-order valence-electron chi connectivity index (χ0n) is 26.4. The van der Waals surface area contributed by atoms with Gasteiger partial charge in [0.15, 0.2) is 0 Å². The van der Waals surface area contributed by atoms with Gasteiger partial charge < -0.3 is 14.4 Å². The second-order valence-electron chi connectivity index (χ2n) is 12.8. The Bertz CT molecular complexity index is 1550.